The molecule has 0 aliphatic heterocycles. The van der Waals surface area contributed by atoms with Crippen LogP contribution in [0.5, 0.6) is 11.5 Å². The van der Waals surface area contributed by atoms with Gasteiger partial charge in [0, 0.05) is 16.0 Å². The van der Waals surface area contributed by atoms with Gasteiger partial charge in [-0.1, -0.05) is 101 Å². The van der Waals surface area contributed by atoms with E-state index in [1.165, 1.54) is 0 Å². The zero-order valence-electron chi connectivity index (χ0n) is 23.0. The quantitative estimate of drug-likeness (QED) is 0.322. The SMILES string of the molecule is CC(C)(C)c1ccc(OP(=O)(O)Oc2c(S)cc(C(C)(C)C)cc2C(C)(C)C)c(C(C)(C)C)c1. The minimum Gasteiger partial charge on any atom is -0.395 e. The van der Waals surface area contributed by atoms with Crippen LogP contribution >= 0.6 is 20.5 Å². The molecule has 0 aliphatic rings. The van der Waals surface area contributed by atoms with Crippen molar-refractivity contribution in [2.45, 2.75) is 110 Å². The number of rotatable bonds is 4. The van der Waals surface area contributed by atoms with E-state index in [0.717, 1.165) is 22.3 Å². The van der Waals surface area contributed by atoms with E-state index in [2.05, 4.69) is 81.0 Å². The van der Waals surface area contributed by atoms with E-state index in [1.54, 1.807) is 6.07 Å². The molecule has 1 atom stereocenters. The van der Waals surface area contributed by atoms with Gasteiger partial charge in [0.15, 0.2) is 0 Å². The summed E-state index contributed by atoms with van der Waals surface area (Å²) in [5, 5.41) is 0. The summed E-state index contributed by atoms with van der Waals surface area (Å²) >= 11 is 4.64. The van der Waals surface area contributed by atoms with Crippen molar-refractivity contribution in [1.82, 2.24) is 0 Å². The maximum Gasteiger partial charge on any atom is 0.584 e. The summed E-state index contributed by atoms with van der Waals surface area (Å²) in [6.45, 7) is 25.1. The number of hydrogen-bond acceptors (Lipinski definition) is 4. The minimum atomic E-state index is -4.52. The number of phosphoric acid groups is 1. The molecule has 1 unspecified atom stereocenters. The third-order valence-electron chi connectivity index (χ3n) is 5.82. The molecule has 0 radical (unpaired) electrons. The van der Waals surface area contributed by atoms with Crippen LogP contribution in [0, 0.1) is 0 Å². The molecule has 0 aromatic heterocycles. The molecule has 0 amide bonds. The largest absolute Gasteiger partial charge is 0.584 e. The summed E-state index contributed by atoms with van der Waals surface area (Å²) in [4.78, 5) is 11.4. The van der Waals surface area contributed by atoms with Crippen molar-refractivity contribution >= 4 is 20.5 Å². The Morgan fingerprint density at radius 2 is 1.15 bits per heavy atom. The van der Waals surface area contributed by atoms with Gasteiger partial charge in [-0.05, 0) is 44.9 Å². The highest BCUT2D eigenvalue weighted by Crippen LogP contribution is 2.51. The van der Waals surface area contributed by atoms with Gasteiger partial charge in [0.2, 0.25) is 0 Å². The predicted molar refractivity (Wildman–Crippen MR) is 146 cm³/mol. The summed E-state index contributed by atoms with van der Waals surface area (Å²) < 4.78 is 24.7. The van der Waals surface area contributed by atoms with Crippen LogP contribution in [0.1, 0.15) is 105 Å². The first-order chi connectivity index (χ1) is 15.0. The molecule has 34 heavy (non-hydrogen) atoms. The normalized spacial score (nSPS) is 15.1. The van der Waals surface area contributed by atoms with Gasteiger partial charge in [0.05, 0.1) is 0 Å². The van der Waals surface area contributed by atoms with Crippen LogP contribution in [0.2, 0.25) is 0 Å². The van der Waals surface area contributed by atoms with E-state index in [-0.39, 0.29) is 27.4 Å². The Labute approximate surface area is 212 Å². The molecule has 0 heterocycles. The van der Waals surface area contributed by atoms with Crippen molar-refractivity contribution in [2.24, 2.45) is 0 Å². The van der Waals surface area contributed by atoms with E-state index < -0.39 is 7.82 Å². The average molecular weight is 507 g/mol. The maximum atomic E-state index is 13.3. The van der Waals surface area contributed by atoms with Crippen LogP contribution in [-0.4, -0.2) is 4.89 Å². The van der Waals surface area contributed by atoms with E-state index in [1.807, 2.05) is 39.0 Å². The Morgan fingerprint density at radius 3 is 1.59 bits per heavy atom. The van der Waals surface area contributed by atoms with Gasteiger partial charge < -0.3 is 9.05 Å². The fourth-order valence-electron chi connectivity index (χ4n) is 3.62. The second kappa shape index (κ2) is 9.22. The maximum absolute atomic E-state index is 13.3. The molecule has 2 rings (SSSR count). The minimum absolute atomic E-state index is 0.0602. The van der Waals surface area contributed by atoms with Crippen molar-refractivity contribution in [3.05, 3.63) is 52.6 Å². The zero-order chi connectivity index (χ0) is 26.5. The van der Waals surface area contributed by atoms with Crippen LogP contribution < -0.4 is 9.05 Å². The first-order valence-corrected chi connectivity index (χ1v) is 13.7. The van der Waals surface area contributed by atoms with E-state index >= 15 is 0 Å². The van der Waals surface area contributed by atoms with Crippen molar-refractivity contribution in [1.29, 1.82) is 0 Å². The Balaban J connectivity index is 2.56. The highest BCUT2D eigenvalue weighted by molar-refractivity contribution is 7.80. The molecule has 1 N–H and O–H groups in total. The molecule has 0 saturated heterocycles. The van der Waals surface area contributed by atoms with E-state index in [4.69, 9.17) is 9.05 Å². The van der Waals surface area contributed by atoms with Crippen molar-refractivity contribution in [3.8, 4) is 11.5 Å². The Hall–Kier alpha value is -1.42. The molecule has 2 aromatic rings. The summed E-state index contributed by atoms with van der Waals surface area (Å²) in [7, 11) is -4.52. The molecule has 0 saturated carbocycles. The molecule has 6 heteroatoms. The lowest BCUT2D eigenvalue weighted by Gasteiger charge is -2.30. The number of hydrogen-bond donors (Lipinski definition) is 2. The lowest BCUT2D eigenvalue weighted by atomic mass is 9.80. The predicted octanol–water partition coefficient (Wildman–Crippen LogP) is 8.72. The van der Waals surface area contributed by atoms with Gasteiger partial charge >= 0.3 is 7.82 Å². The van der Waals surface area contributed by atoms with Gasteiger partial charge in [0.1, 0.15) is 11.5 Å². The summed E-state index contributed by atoms with van der Waals surface area (Å²) in [5.74, 6) is 0.619. The molecule has 0 aliphatic carbocycles. The second-order valence-electron chi connectivity index (χ2n) is 13.2. The van der Waals surface area contributed by atoms with Crippen molar-refractivity contribution < 1.29 is 18.5 Å². The Morgan fingerprint density at radius 1 is 0.676 bits per heavy atom. The third kappa shape index (κ3) is 7.06. The van der Waals surface area contributed by atoms with Crippen molar-refractivity contribution in [2.75, 3.05) is 0 Å². The molecule has 0 bridgehead atoms. The molecule has 4 nitrogen and oxygen atoms in total. The van der Waals surface area contributed by atoms with Crippen LogP contribution in [0.4, 0.5) is 0 Å². The summed E-state index contributed by atoms with van der Waals surface area (Å²) in [5.41, 5.74) is 3.07. The van der Waals surface area contributed by atoms with Crippen LogP contribution in [0.25, 0.3) is 0 Å². The van der Waals surface area contributed by atoms with Crippen LogP contribution in [-0.2, 0) is 26.2 Å². The monoisotopic (exact) mass is 506 g/mol. The Bertz CT molecular complexity index is 1090. The van der Waals surface area contributed by atoms with Gasteiger partial charge in [-0.3, -0.25) is 4.89 Å². The van der Waals surface area contributed by atoms with Gasteiger partial charge in [-0.15, -0.1) is 12.6 Å². The molecule has 190 valence electrons. The van der Waals surface area contributed by atoms with E-state index in [9.17, 15) is 9.46 Å². The fraction of sp³-hybridized carbons (Fsp3) is 0.571. The molecular weight excluding hydrogens is 463 g/mol. The number of phosphoric ester groups is 1. The first kappa shape index (κ1) is 28.8. The smallest absolute Gasteiger partial charge is 0.395 e. The Kier molecular flexibility index (Phi) is 7.82. The van der Waals surface area contributed by atoms with Crippen LogP contribution in [0.15, 0.2) is 35.2 Å². The van der Waals surface area contributed by atoms with Gasteiger partial charge in [0.25, 0.3) is 0 Å². The highest BCUT2D eigenvalue weighted by Gasteiger charge is 2.34. The van der Waals surface area contributed by atoms with Gasteiger partial charge in [-0.2, -0.15) is 0 Å². The van der Waals surface area contributed by atoms with E-state index in [0.29, 0.717) is 10.6 Å². The number of benzene rings is 2. The zero-order valence-corrected chi connectivity index (χ0v) is 24.7. The number of thiol groups is 1. The van der Waals surface area contributed by atoms with Crippen LogP contribution in [0.3, 0.4) is 0 Å². The third-order valence-corrected chi connectivity index (χ3v) is 6.99. The fourth-order valence-corrected chi connectivity index (χ4v) is 4.87. The molecule has 0 fully saturated rings. The molecule has 2 aromatic carbocycles. The standard InChI is InChI=1S/C28H43O4PS/c1-25(2,3)18-13-14-22(20(15-18)27(7,8)9)31-33(29,30)32-24-21(28(10,11)12)16-19(17-23(24)34)26(4,5)6/h13-17,34H,1-12H3,(H,29,30). The highest BCUT2D eigenvalue weighted by atomic mass is 32.1. The average Bonchev–Trinajstić information content (AvgIpc) is 2.59. The van der Waals surface area contributed by atoms with Crippen molar-refractivity contribution in [3.63, 3.8) is 0 Å². The lowest BCUT2D eigenvalue weighted by molar-refractivity contribution is 0.283. The molecular formula is C28H43O4PS. The second-order valence-corrected chi connectivity index (χ2v) is 15.0. The summed E-state index contributed by atoms with van der Waals surface area (Å²) in [6.07, 6.45) is 0. The topological polar surface area (TPSA) is 55.8 Å². The lowest BCUT2D eigenvalue weighted by Crippen LogP contribution is -2.19. The summed E-state index contributed by atoms with van der Waals surface area (Å²) in [6, 6.07) is 9.69. The van der Waals surface area contributed by atoms with Gasteiger partial charge in [-0.25, -0.2) is 4.57 Å². The first-order valence-electron chi connectivity index (χ1n) is 11.8. The molecule has 0 spiro atoms.